The maximum absolute atomic E-state index is 14.6. The van der Waals surface area contributed by atoms with Crippen molar-refractivity contribution in [3.05, 3.63) is 126 Å². The van der Waals surface area contributed by atoms with Crippen molar-refractivity contribution in [1.29, 1.82) is 0 Å². The molecule has 1 saturated carbocycles. The van der Waals surface area contributed by atoms with Gasteiger partial charge in [0.25, 0.3) is 0 Å². The Morgan fingerprint density at radius 2 is 1.61 bits per heavy atom. The highest BCUT2D eigenvalue weighted by molar-refractivity contribution is 6.03. The third-order valence-corrected chi connectivity index (χ3v) is 12.8. The second kappa shape index (κ2) is 24.5. The van der Waals surface area contributed by atoms with Crippen LogP contribution >= 0.6 is 0 Å². The number of aliphatic hydroxyl groups excluding tert-OH is 3. The van der Waals surface area contributed by atoms with Crippen LogP contribution in [0.25, 0.3) is 10.8 Å². The topological polar surface area (TPSA) is 158 Å². The Bertz CT molecular complexity index is 2230. The summed E-state index contributed by atoms with van der Waals surface area (Å²) in [6.45, 7) is 7.18. The summed E-state index contributed by atoms with van der Waals surface area (Å²) in [5.41, 5.74) is 3.54. The Balaban J connectivity index is 1.34. The number of hydrogen-bond donors (Lipinski definition) is 3. The molecule has 66 heavy (non-hydrogen) atoms. The lowest BCUT2D eigenvalue weighted by Crippen LogP contribution is -2.70. The fraction of sp³-hybridized carbons (Fsp3) is 0.472. The van der Waals surface area contributed by atoms with Crippen LogP contribution in [0.15, 0.2) is 120 Å². The van der Waals surface area contributed by atoms with Crippen molar-refractivity contribution in [2.45, 2.75) is 76.2 Å². The summed E-state index contributed by atoms with van der Waals surface area (Å²) >= 11 is 0. The molecule has 1 fully saturated rings. The van der Waals surface area contributed by atoms with Crippen LogP contribution in [0.5, 0.6) is 17.2 Å². The maximum Gasteiger partial charge on any atom is 0.410 e. The highest BCUT2D eigenvalue weighted by Gasteiger charge is 2.65. The molecule has 0 saturated heterocycles. The van der Waals surface area contributed by atoms with E-state index in [1.807, 2.05) is 73.7 Å². The number of fused-ring (bicyclic) bond motifs is 3. The third kappa shape index (κ3) is 11.6. The average molecular weight is 907 g/mol. The van der Waals surface area contributed by atoms with Crippen LogP contribution in [-0.4, -0.2) is 110 Å². The molecule has 7 rings (SSSR count). The number of nitrogens with zero attached hydrogens (tertiary/aromatic N) is 2. The first-order valence-electron chi connectivity index (χ1n) is 23.5. The molecule has 4 aromatic rings. The van der Waals surface area contributed by atoms with Gasteiger partial charge < -0.3 is 48.6 Å². The van der Waals surface area contributed by atoms with E-state index >= 15 is 0 Å². The fourth-order valence-electron chi connectivity index (χ4n) is 9.96. The number of carbonyl (C=O) groups is 1. The maximum atomic E-state index is 14.6. The average Bonchev–Trinajstić information content (AvgIpc) is 3.34. The minimum Gasteiger partial charge on any atom is -0.459 e. The van der Waals surface area contributed by atoms with Gasteiger partial charge in [-0.2, -0.15) is 0 Å². The highest BCUT2D eigenvalue weighted by atomic mass is 16.7. The van der Waals surface area contributed by atoms with Crippen molar-refractivity contribution in [2.75, 3.05) is 66.0 Å². The molecule has 0 unspecified atom stereocenters. The number of oxime groups is 1. The van der Waals surface area contributed by atoms with Crippen LogP contribution in [0, 0.1) is 17.8 Å². The Morgan fingerprint density at radius 1 is 0.848 bits per heavy atom. The standard InChI is InChI=1S/C53H66N2O11/c1-3-28-63-53-49(55(24-29-60-30-27-58)52(59)62-32-31-61-37-38-14-6-5-7-15-38)36-47(54-64-4-2)45-34-41(18-10-12-25-56)44(19-11-13-26-57)50(51(45)53)46-35-43(22-23-48(46)66-53)65-42-21-20-39-16-8-9-17-40(39)33-42/h3,5-9,14-17,20-23,33-35,41,44,49-51,56-58H,1,4,10-13,18-19,24-32,36-37H2,2H3/t41-,44+,49-,50+,51+,53+/m0/s1. The fourth-order valence-corrected chi connectivity index (χ4v) is 9.96. The molecule has 3 N–H and O–H groups in total. The van der Waals surface area contributed by atoms with Gasteiger partial charge in [0.15, 0.2) is 0 Å². The third-order valence-electron chi connectivity index (χ3n) is 12.8. The van der Waals surface area contributed by atoms with E-state index < -0.39 is 23.8 Å². The van der Waals surface area contributed by atoms with Gasteiger partial charge in [-0.05, 0) is 96.7 Å². The first-order chi connectivity index (χ1) is 32.4. The van der Waals surface area contributed by atoms with Crippen LogP contribution < -0.4 is 9.47 Å². The Labute approximate surface area is 388 Å². The van der Waals surface area contributed by atoms with Crippen molar-refractivity contribution in [3.63, 3.8) is 0 Å². The number of unbranched alkanes of at least 4 members (excludes halogenated alkanes) is 2. The molecule has 13 heteroatoms. The molecule has 1 aliphatic heterocycles. The van der Waals surface area contributed by atoms with Gasteiger partial charge in [0, 0.05) is 37.7 Å². The molecule has 2 aliphatic carbocycles. The highest BCUT2D eigenvalue weighted by Crippen LogP contribution is 2.62. The Morgan fingerprint density at radius 3 is 2.38 bits per heavy atom. The summed E-state index contributed by atoms with van der Waals surface area (Å²) < 4.78 is 38.7. The van der Waals surface area contributed by atoms with Crippen LogP contribution in [0.1, 0.15) is 68.9 Å². The van der Waals surface area contributed by atoms with Crippen molar-refractivity contribution in [1.82, 2.24) is 4.90 Å². The summed E-state index contributed by atoms with van der Waals surface area (Å²) in [6, 6.07) is 29.1. The van der Waals surface area contributed by atoms with E-state index in [0.717, 1.165) is 53.2 Å². The number of rotatable bonds is 26. The number of allylic oxidation sites excluding steroid dienone is 1. The van der Waals surface area contributed by atoms with Crippen molar-refractivity contribution >= 4 is 22.6 Å². The quantitative estimate of drug-likeness (QED) is 0.0314. The van der Waals surface area contributed by atoms with Gasteiger partial charge in [-0.1, -0.05) is 90.8 Å². The van der Waals surface area contributed by atoms with E-state index in [1.165, 1.54) is 0 Å². The van der Waals surface area contributed by atoms with Crippen molar-refractivity contribution in [3.8, 4) is 17.2 Å². The van der Waals surface area contributed by atoms with Gasteiger partial charge in [-0.3, -0.25) is 4.90 Å². The predicted molar refractivity (Wildman–Crippen MR) is 253 cm³/mol. The Hall–Kier alpha value is -5.28. The number of ether oxygens (including phenoxy) is 6. The van der Waals surface area contributed by atoms with Crippen LogP contribution in [0.4, 0.5) is 4.79 Å². The zero-order valence-electron chi connectivity index (χ0n) is 38.1. The molecule has 1 amide bonds. The molecule has 3 aliphatic rings. The molecule has 0 aromatic heterocycles. The van der Waals surface area contributed by atoms with Crippen LogP contribution in [0.2, 0.25) is 0 Å². The number of aliphatic hydroxyl groups is 3. The van der Waals surface area contributed by atoms with E-state index in [4.69, 9.17) is 38.4 Å². The van der Waals surface area contributed by atoms with Crippen molar-refractivity contribution in [2.24, 2.45) is 22.9 Å². The SMILES string of the molecule is C=CCO[C@@]12Oc3ccc(Oc4ccc5ccccc5c4)cc3[C@H]3[C@H](CCCCO)[C@@H](CCCCO)C=C(C(=NOCC)C[C@@H]1N(CCOCCO)C(=O)OCCOCc1ccccc1)[C@H]32. The number of benzene rings is 4. The minimum atomic E-state index is -1.49. The normalized spacial score (nSPS) is 22.5. The lowest BCUT2D eigenvalue weighted by Gasteiger charge is -2.59. The van der Waals surface area contributed by atoms with E-state index in [-0.39, 0.29) is 83.6 Å². The first kappa shape index (κ1) is 48.6. The van der Waals surface area contributed by atoms with Crippen LogP contribution in [0.3, 0.4) is 0 Å². The number of hydrogen-bond acceptors (Lipinski definition) is 12. The van der Waals surface area contributed by atoms with Gasteiger partial charge in [0.1, 0.15) is 36.5 Å². The monoisotopic (exact) mass is 906 g/mol. The second-order valence-corrected chi connectivity index (χ2v) is 17.0. The molecular weight excluding hydrogens is 841 g/mol. The van der Waals surface area contributed by atoms with E-state index in [0.29, 0.717) is 49.0 Å². The molecule has 0 bridgehead atoms. The molecule has 6 atom stereocenters. The summed E-state index contributed by atoms with van der Waals surface area (Å²) in [6.07, 6.45) is 8.09. The van der Waals surface area contributed by atoms with Gasteiger partial charge >= 0.3 is 6.09 Å². The van der Waals surface area contributed by atoms with Gasteiger partial charge in [-0.15, -0.1) is 6.58 Å². The molecule has 0 radical (unpaired) electrons. The smallest absolute Gasteiger partial charge is 0.410 e. The zero-order valence-corrected chi connectivity index (χ0v) is 38.1. The molecule has 354 valence electrons. The van der Waals surface area contributed by atoms with Gasteiger partial charge in [-0.25, -0.2) is 4.79 Å². The summed E-state index contributed by atoms with van der Waals surface area (Å²) in [5, 5.41) is 36.5. The molecule has 1 heterocycles. The zero-order chi connectivity index (χ0) is 46.1. The molecular formula is C53H66N2O11. The van der Waals surface area contributed by atoms with E-state index in [1.54, 1.807) is 11.0 Å². The van der Waals surface area contributed by atoms with Crippen molar-refractivity contribution < 1.29 is 53.4 Å². The summed E-state index contributed by atoms with van der Waals surface area (Å²) in [4.78, 5) is 22.1. The van der Waals surface area contributed by atoms with E-state index in [2.05, 4.69) is 36.9 Å². The first-order valence-corrected chi connectivity index (χ1v) is 23.5. The predicted octanol–water partition coefficient (Wildman–Crippen LogP) is 8.95. The van der Waals surface area contributed by atoms with E-state index in [9.17, 15) is 20.1 Å². The molecule has 0 spiro atoms. The molecule has 13 nitrogen and oxygen atoms in total. The van der Waals surface area contributed by atoms with Gasteiger partial charge in [0.05, 0.1) is 51.3 Å². The lowest BCUT2D eigenvalue weighted by molar-refractivity contribution is -0.256. The van der Waals surface area contributed by atoms with Gasteiger partial charge in [0.2, 0.25) is 5.79 Å². The van der Waals surface area contributed by atoms with Crippen LogP contribution in [-0.2, 0) is 30.4 Å². The Kier molecular flexibility index (Phi) is 18.0. The number of amides is 1. The number of carbonyl (C=O) groups excluding carboxylic acids is 1. The molecule has 4 aromatic carbocycles. The lowest BCUT2D eigenvalue weighted by atomic mass is 9.55. The largest absolute Gasteiger partial charge is 0.459 e. The summed E-state index contributed by atoms with van der Waals surface area (Å²) in [7, 11) is 0. The second-order valence-electron chi connectivity index (χ2n) is 17.0. The minimum absolute atomic E-state index is 0.00385. The summed E-state index contributed by atoms with van der Waals surface area (Å²) in [5.74, 6) is -0.228.